The van der Waals surface area contributed by atoms with Gasteiger partial charge in [-0.3, -0.25) is 4.57 Å². The summed E-state index contributed by atoms with van der Waals surface area (Å²) >= 11 is 0. The Balaban J connectivity index is 1.52. The van der Waals surface area contributed by atoms with Crippen molar-refractivity contribution in [3.8, 4) is 17.7 Å². The predicted molar refractivity (Wildman–Crippen MR) is 133 cm³/mol. The van der Waals surface area contributed by atoms with E-state index >= 15 is 0 Å². The lowest BCUT2D eigenvalue weighted by molar-refractivity contribution is -0.137. The van der Waals surface area contributed by atoms with Gasteiger partial charge in [-0.15, -0.1) is 0 Å². The second-order valence-electron chi connectivity index (χ2n) is 9.04. The van der Waals surface area contributed by atoms with Gasteiger partial charge in [-0.05, 0) is 62.1 Å². The van der Waals surface area contributed by atoms with Crippen LogP contribution in [0.4, 0.5) is 23.7 Å². The zero-order valence-corrected chi connectivity index (χ0v) is 21.1. The summed E-state index contributed by atoms with van der Waals surface area (Å²) in [6.07, 6.45) is -2.57. The SMILES string of the molecule is C[Si](C)(C)OC(C#N)c1cc(Oc2ccc3c(ccn3C(=O)Nc3cccc(C(F)(F)F)c3)c2)ncn1. The molecule has 1 amide bonds. The highest BCUT2D eigenvalue weighted by molar-refractivity contribution is 6.69. The fraction of sp³-hybridized carbons (Fsp3) is 0.200. The molecule has 0 aliphatic heterocycles. The van der Waals surface area contributed by atoms with Gasteiger partial charge in [0.2, 0.25) is 5.88 Å². The molecule has 0 saturated heterocycles. The standard InChI is InChI=1S/C25H22F3N5O3Si/c1-37(2,3)36-22(14-29)20-13-23(31-15-30-20)35-19-7-8-21-16(11-19)9-10-33(21)24(34)32-18-6-4-5-17(12-18)25(26,27)28/h4-13,15,22H,1-3H3,(H,32,34). The number of nitrogens with one attached hydrogen (secondary N) is 1. The van der Waals surface area contributed by atoms with Crippen LogP contribution < -0.4 is 10.1 Å². The molecule has 0 saturated carbocycles. The second-order valence-corrected chi connectivity index (χ2v) is 13.5. The first kappa shape index (κ1) is 25.9. The van der Waals surface area contributed by atoms with Crippen molar-refractivity contribution >= 4 is 30.9 Å². The number of benzene rings is 2. The van der Waals surface area contributed by atoms with Crippen LogP contribution in [0.3, 0.4) is 0 Å². The molecule has 8 nitrogen and oxygen atoms in total. The first-order valence-corrected chi connectivity index (χ1v) is 14.5. The van der Waals surface area contributed by atoms with Crippen LogP contribution in [0.5, 0.6) is 11.6 Å². The van der Waals surface area contributed by atoms with Crippen molar-refractivity contribution in [2.75, 3.05) is 5.32 Å². The molecule has 0 aliphatic carbocycles. The van der Waals surface area contributed by atoms with Gasteiger partial charge >= 0.3 is 12.2 Å². The van der Waals surface area contributed by atoms with Crippen molar-refractivity contribution < 1.29 is 27.1 Å². The highest BCUT2D eigenvalue weighted by Gasteiger charge is 2.30. The van der Waals surface area contributed by atoms with E-state index in [-0.39, 0.29) is 11.6 Å². The van der Waals surface area contributed by atoms with Gasteiger partial charge in [-0.2, -0.15) is 18.4 Å². The van der Waals surface area contributed by atoms with E-state index in [1.807, 2.05) is 19.6 Å². The first-order valence-electron chi connectivity index (χ1n) is 11.1. The minimum absolute atomic E-state index is 0.0231. The molecule has 4 rings (SSSR count). The summed E-state index contributed by atoms with van der Waals surface area (Å²) in [7, 11) is -2.00. The molecule has 190 valence electrons. The van der Waals surface area contributed by atoms with Gasteiger partial charge in [0.25, 0.3) is 0 Å². The van der Waals surface area contributed by atoms with Crippen LogP contribution in [0.2, 0.25) is 19.6 Å². The fourth-order valence-corrected chi connectivity index (χ4v) is 4.38. The highest BCUT2D eigenvalue weighted by atomic mass is 28.4. The molecule has 1 atom stereocenters. The van der Waals surface area contributed by atoms with Crippen molar-refractivity contribution in [2.45, 2.75) is 31.9 Å². The number of carbonyl (C=O) groups is 1. The van der Waals surface area contributed by atoms with Crippen molar-refractivity contribution in [1.82, 2.24) is 14.5 Å². The Labute approximate surface area is 211 Å². The highest BCUT2D eigenvalue weighted by Crippen LogP contribution is 2.31. The van der Waals surface area contributed by atoms with Crippen LogP contribution in [-0.2, 0) is 10.6 Å². The lowest BCUT2D eigenvalue weighted by Crippen LogP contribution is -2.27. The molecule has 1 N–H and O–H groups in total. The van der Waals surface area contributed by atoms with E-state index in [4.69, 9.17) is 9.16 Å². The number of anilines is 1. The number of carbonyl (C=O) groups excluding carboxylic acids is 1. The zero-order valence-electron chi connectivity index (χ0n) is 20.1. The quantitative estimate of drug-likeness (QED) is 0.280. The summed E-state index contributed by atoms with van der Waals surface area (Å²) in [6, 6.07) is 14.1. The predicted octanol–water partition coefficient (Wildman–Crippen LogP) is 6.74. The molecule has 2 heterocycles. The third-order valence-electron chi connectivity index (χ3n) is 5.06. The van der Waals surface area contributed by atoms with Crippen LogP contribution in [0, 0.1) is 11.3 Å². The molecule has 0 radical (unpaired) electrons. The number of rotatable bonds is 6. The molecule has 2 aromatic carbocycles. The average molecular weight is 526 g/mol. The maximum atomic E-state index is 13.0. The molecule has 1 unspecified atom stereocenters. The van der Waals surface area contributed by atoms with Gasteiger partial charge in [-0.25, -0.2) is 14.8 Å². The summed E-state index contributed by atoms with van der Waals surface area (Å²) in [5.74, 6) is 0.637. The monoisotopic (exact) mass is 525 g/mol. The smallest absolute Gasteiger partial charge is 0.416 e. The molecule has 0 spiro atoms. The first-order chi connectivity index (χ1) is 17.4. The van der Waals surface area contributed by atoms with Crippen LogP contribution in [0.15, 0.2) is 67.1 Å². The Morgan fingerprint density at radius 2 is 1.89 bits per heavy atom. The summed E-state index contributed by atoms with van der Waals surface area (Å²) in [5.41, 5.74) is 0.0714. The maximum Gasteiger partial charge on any atom is 0.416 e. The molecular formula is C25H22F3N5O3Si. The fourth-order valence-electron chi connectivity index (χ4n) is 3.50. The number of alkyl halides is 3. The number of fused-ring (bicyclic) bond motifs is 1. The molecule has 0 bridgehead atoms. The third-order valence-corrected chi connectivity index (χ3v) is 6.01. The number of nitrogens with zero attached hydrogens (tertiary/aromatic N) is 4. The molecular weight excluding hydrogens is 503 g/mol. The number of nitriles is 1. The molecule has 12 heteroatoms. The Morgan fingerprint density at radius 1 is 1.11 bits per heavy atom. The zero-order chi connectivity index (χ0) is 26.8. The van der Waals surface area contributed by atoms with E-state index in [1.165, 1.54) is 35.3 Å². The third kappa shape index (κ3) is 6.32. The van der Waals surface area contributed by atoms with Crippen LogP contribution in [-0.4, -0.2) is 28.9 Å². The van der Waals surface area contributed by atoms with E-state index in [1.54, 1.807) is 24.3 Å². The summed E-state index contributed by atoms with van der Waals surface area (Å²) in [4.78, 5) is 21.0. The Bertz CT molecular complexity index is 1490. The topological polar surface area (TPSA) is 102 Å². The molecule has 37 heavy (non-hydrogen) atoms. The van der Waals surface area contributed by atoms with Crippen molar-refractivity contribution in [1.29, 1.82) is 5.26 Å². The molecule has 2 aromatic heterocycles. The summed E-state index contributed by atoms with van der Waals surface area (Å²) in [5, 5.41) is 12.6. The minimum Gasteiger partial charge on any atom is -0.439 e. The van der Waals surface area contributed by atoms with Gasteiger partial charge in [0.05, 0.1) is 22.8 Å². The van der Waals surface area contributed by atoms with Crippen LogP contribution in [0.1, 0.15) is 17.4 Å². The summed E-state index contributed by atoms with van der Waals surface area (Å²) < 4.78 is 51.9. The number of aromatic nitrogens is 3. The number of ether oxygens (including phenoxy) is 1. The van der Waals surface area contributed by atoms with Crippen LogP contribution >= 0.6 is 0 Å². The maximum absolute atomic E-state index is 13.0. The normalized spacial score (nSPS) is 12.7. The summed E-state index contributed by atoms with van der Waals surface area (Å²) in [6.45, 7) is 5.91. The van der Waals surface area contributed by atoms with Crippen molar-refractivity contribution in [3.05, 3.63) is 78.4 Å². The van der Waals surface area contributed by atoms with E-state index in [0.29, 0.717) is 22.3 Å². The van der Waals surface area contributed by atoms with Gasteiger partial charge in [-0.1, -0.05) is 6.07 Å². The average Bonchev–Trinajstić information content (AvgIpc) is 3.25. The van der Waals surface area contributed by atoms with E-state index in [2.05, 4.69) is 21.4 Å². The minimum atomic E-state index is -4.52. The number of hydrogen-bond donors (Lipinski definition) is 1. The van der Waals surface area contributed by atoms with Crippen molar-refractivity contribution in [2.24, 2.45) is 0 Å². The lowest BCUT2D eigenvalue weighted by atomic mass is 10.2. The number of halogens is 3. The van der Waals surface area contributed by atoms with Gasteiger partial charge in [0.1, 0.15) is 12.1 Å². The van der Waals surface area contributed by atoms with E-state index in [0.717, 1.165) is 12.1 Å². The Morgan fingerprint density at radius 3 is 2.59 bits per heavy atom. The lowest BCUT2D eigenvalue weighted by Gasteiger charge is -2.21. The van der Waals surface area contributed by atoms with Crippen LogP contribution in [0.25, 0.3) is 10.9 Å². The molecule has 4 aromatic rings. The molecule has 0 fully saturated rings. The largest absolute Gasteiger partial charge is 0.439 e. The van der Waals surface area contributed by atoms with Crippen molar-refractivity contribution in [3.63, 3.8) is 0 Å². The van der Waals surface area contributed by atoms with Gasteiger partial charge in [0, 0.05) is 23.3 Å². The Kier molecular flexibility index (Phi) is 7.02. The number of amides is 1. The van der Waals surface area contributed by atoms with E-state index in [9.17, 15) is 23.2 Å². The molecule has 0 aliphatic rings. The van der Waals surface area contributed by atoms with E-state index < -0.39 is 32.2 Å². The second kappa shape index (κ2) is 10.0. The van der Waals surface area contributed by atoms with Gasteiger partial charge in [0.15, 0.2) is 14.4 Å². The van der Waals surface area contributed by atoms with Gasteiger partial charge < -0.3 is 14.5 Å². The Hall–Kier alpha value is -4.21. The number of hydrogen-bond acceptors (Lipinski definition) is 6.